The van der Waals surface area contributed by atoms with Gasteiger partial charge in [-0.05, 0) is 53.6 Å². The number of anilines is 1. The summed E-state index contributed by atoms with van der Waals surface area (Å²) in [5.41, 5.74) is 0.684. The summed E-state index contributed by atoms with van der Waals surface area (Å²) in [6, 6.07) is 6.23. The summed E-state index contributed by atoms with van der Waals surface area (Å²) < 4.78 is 1.06. The Morgan fingerprint density at radius 3 is 2.88 bits per heavy atom. The average molecular weight is 365 g/mol. The Bertz CT molecular complexity index is 421. The first kappa shape index (κ1) is 13.1. The molecule has 2 N–H and O–H groups in total. The van der Waals surface area contributed by atoms with Crippen LogP contribution in [0.2, 0.25) is 5.02 Å². The Morgan fingerprint density at radius 1 is 1.47 bits per heavy atom. The maximum Gasteiger partial charge on any atom is 0.225 e. The van der Waals surface area contributed by atoms with Crippen LogP contribution in [0.25, 0.3) is 0 Å². The maximum atomic E-state index is 11.6. The zero-order chi connectivity index (χ0) is 12.3. The summed E-state index contributed by atoms with van der Waals surface area (Å²) in [6.45, 7) is 0.735. The van der Waals surface area contributed by atoms with Gasteiger partial charge in [-0.3, -0.25) is 4.79 Å². The van der Waals surface area contributed by atoms with Crippen molar-refractivity contribution in [3.63, 3.8) is 0 Å². The largest absolute Gasteiger partial charge is 0.325 e. The molecule has 0 spiro atoms. The molecule has 1 aliphatic carbocycles. The van der Waals surface area contributed by atoms with Crippen molar-refractivity contribution >= 4 is 45.8 Å². The molecule has 1 aliphatic rings. The topological polar surface area (TPSA) is 41.1 Å². The second kappa shape index (κ2) is 6.02. The minimum absolute atomic E-state index is 0.00116. The molecule has 0 aromatic heterocycles. The third-order valence-corrected chi connectivity index (χ3v) is 3.55. The Balaban J connectivity index is 1.79. The summed E-state index contributed by atoms with van der Waals surface area (Å²) in [6.07, 6.45) is 2.97. The molecule has 1 fully saturated rings. The van der Waals surface area contributed by atoms with Crippen molar-refractivity contribution in [2.24, 2.45) is 0 Å². The van der Waals surface area contributed by atoms with Crippen LogP contribution in [0.5, 0.6) is 0 Å². The lowest BCUT2D eigenvalue weighted by molar-refractivity contribution is -0.116. The molecule has 0 heterocycles. The summed E-state index contributed by atoms with van der Waals surface area (Å²) in [5.74, 6) is 0.00116. The van der Waals surface area contributed by atoms with Gasteiger partial charge in [-0.25, -0.2) is 0 Å². The van der Waals surface area contributed by atoms with Gasteiger partial charge in [0, 0.05) is 22.6 Å². The first-order valence-electron chi connectivity index (χ1n) is 5.63. The molecule has 5 heteroatoms. The van der Waals surface area contributed by atoms with Crippen molar-refractivity contribution < 1.29 is 4.79 Å². The van der Waals surface area contributed by atoms with Crippen LogP contribution in [0, 0.1) is 3.57 Å². The number of hydrogen-bond acceptors (Lipinski definition) is 2. The Morgan fingerprint density at radius 2 is 2.24 bits per heavy atom. The number of halogens is 2. The number of rotatable bonds is 5. The molecule has 0 saturated heterocycles. The molecular weight excluding hydrogens is 351 g/mol. The monoisotopic (exact) mass is 364 g/mol. The number of nitrogens with one attached hydrogen (secondary N) is 2. The van der Waals surface area contributed by atoms with Gasteiger partial charge in [-0.2, -0.15) is 0 Å². The molecule has 17 heavy (non-hydrogen) atoms. The highest BCUT2D eigenvalue weighted by molar-refractivity contribution is 14.1. The molecular formula is C12H14ClIN2O. The van der Waals surface area contributed by atoms with E-state index in [4.69, 9.17) is 11.6 Å². The van der Waals surface area contributed by atoms with Crippen LogP contribution in [-0.2, 0) is 4.79 Å². The van der Waals surface area contributed by atoms with Crippen molar-refractivity contribution in [2.75, 3.05) is 11.9 Å². The third-order valence-electron chi connectivity index (χ3n) is 2.57. The van der Waals surface area contributed by atoms with E-state index in [9.17, 15) is 4.79 Å². The third kappa shape index (κ3) is 4.44. The predicted molar refractivity (Wildman–Crippen MR) is 78.4 cm³/mol. The molecule has 1 aromatic carbocycles. The molecule has 0 atom stereocenters. The maximum absolute atomic E-state index is 11.6. The number of benzene rings is 1. The van der Waals surface area contributed by atoms with E-state index in [0.29, 0.717) is 23.2 Å². The number of carbonyl (C=O) groups is 1. The number of carbonyl (C=O) groups excluding carboxylic acids is 1. The molecule has 0 aliphatic heterocycles. The van der Waals surface area contributed by atoms with Crippen LogP contribution < -0.4 is 10.6 Å². The summed E-state index contributed by atoms with van der Waals surface area (Å²) in [4.78, 5) is 11.6. The van der Waals surface area contributed by atoms with E-state index in [2.05, 4.69) is 33.2 Å². The van der Waals surface area contributed by atoms with Gasteiger partial charge in [0.25, 0.3) is 0 Å². The van der Waals surface area contributed by atoms with Crippen molar-refractivity contribution in [3.05, 3.63) is 26.8 Å². The summed E-state index contributed by atoms with van der Waals surface area (Å²) >= 11 is 8.22. The fraction of sp³-hybridized carbons (Fsp3) is 0.417. The Kier molecular flexibility index (Phi) is 4.64. The smallest absolute Gasteiger partial charge is 0.225 e. The highest BCUT2D eigenvalue weighted by Gasteiger charge is 2.20. The van der Waals surface area contributed by atoms with E-state index in [1.165, 1.54) is 12.8 Å². The predicted octanol–water partition coefficient (Wildman–Crippen LogP) is 3.03. The molecule has 0 unspecified atom stereocenters. The van der Waals surface area contributed by atoms with Crippen molar-refractivity contribution in [1.82, 2.24) is 5.32 Å². The fourth-order valence-electron chi connectivity index (χ4n) is 1.48. The van der Waals surface area contributed by atoms with Crippen molar-refractivity contribution in [3.8, 4) is 0 Å². The molecule has 1 saturated carbocycles. The van der Waals surface area contributed by atoms with Crippen LogP contribution in [0.1, 0.15) is 19.3 Å². The quantitative estimate of drug-likeness (QED) is 0.789. The lowest BCUT2D eigenvalue weighted by atomic mass is 10.3. The van der Waals surface area contributed by atoms with E-state index in [-0.39, 0.29) is 5.91 Å². The van der Waals surface area contributed by atoms with Gasteiger partial charge in [0.2, 0.25) is 5.91 Å². The van der Waals surface area contributed by atoms with Gasteiger partial charge in [-0.15, -0.1) is 0 Å². The zero-order valence-electron chi connectivity index (χ0n) is 9.30. The van der Waals surface area contributed by atoms with Crippen LogP contribution >= 0.6 is 34.2 Å². The van der Waals surface area contributed by atoms with Crippen molar-refractivity contribution in [2.45, 2.75) is 25.3 Å². The second-order valence-corrected chi connectivity index (χ2v) is 5.80. The first-order valence-corrected chi connectivity index (χ1v) is 7.09. The van der Waals surface area contributed by atoms with Crippen LogP contribution in [0.15, 0.2) is 18.2 Å². The highest BCUT2D eigenvalue weighted by atomic mass is 127. The van der Waals surface area contributed by atoms with Gasteiger partial charge >= 0.3 is 0 Å². The minimum atomic E-state index is 0.00116. The molecule has 0 bridgehead atoms. The standard InChI is InChI=1S/C12H14ClIN2O/c13-10-7-8(14)1-4-11(10)16-12(17)5-6-15-9-2-3-9/h1,4,7,9,15H,2-3,5-6H2,(H,16,17). The average Bonchev–Trinajstić information content (AvgIpc) is 3.06. The van der Waals surface area contributed by atoms with Gasteiger partial charge < -0.3 is 10.6 Å². The Hall–Kier alpha value is -0.330. The van der Waals surface area contributed by atoms with Crippen LogP contribution in [0.4, 0.5) is 5.69 Å². The molecule has 92 valence electrons. The molecule has 3 nitrogen and oxygen atoms in total. The van der Waals surface area contributed by atoms with E-state index < -0.39 is 0 Å². The molecule has 1 amide bonds. The van der Waals surface area contributed by atoms with E-state index >= 15 is 0 Å². The fourth-order valence-corrected chi connectivity index (χ4v) is 2.38. The zero-order valence-corrected chi connectivity index (χ0v) is 12.2. The van der Waals surface area contributed by atoms with Crippen LogP contribution in [0.3, 0.4) is 0 Å². The van der Waals surface area contributed by atoms with Crippen molar-refractivity contribution in [1.29, 1.82) is 0 Å². The second-order valence-electron chi connectivity index (χ2n) is 4.15. The minimum Gasteiger partial charge on any atom is -0.325 e. The molecule has 0 radical (unpaired) electrons. The first-order chi connectivity index (χ1) is 8.15. The number of hydrogen-bond donors (Lipinski definition) is 2. The van der Waals surface area contributed by atoms with E-state index in [1.807, 2.05) is 18.2 Å². The van der Waals surface area contributed by atoms with Gasteiger partial charge in [-0.1, -0.05) is 11.6 Å². The van der Waals surface area contributed by atoms with Gasteiger partial charge in [0.1, 0.15) is 0 Å². The summed E-state index contributed by atoms with van der Waals surface area (Å²) in [5, 5.41) is 6.70. The normalized spacial score (nSPS) is 14.7. The SMILES string of the molecule is O=C(CCNC1CC1)Nc1ccc(I)cc1Cl. The van der Waals surface area contributed by atoms with Crippen LogP contribution in [-0.4, -0.2) is 18.5 Å². The summed E-state index contributed by atoms with van der Waals surface area (Å²) in [7, 11) is 0. The molecule has 2 rings (SSSR count). The van der Waals surface area contributed by atoms with E-state index in [0.717, 1.165) is 10.1 Å². The lowest BCUT2D eigenvalue weighted by Gasteiger charge is -2.07. The number of amides is 1. The highest BCUT2D eigenvalue weighted by Crippen LogP contribution is 2.24. The van der Waals surface area contributed by atoms with Gasteiger partial charge in [0.15, 0.2) is 0 Å². The molecule has 1 aromatic rings. The van der Waals surface area contributed by atoms with Gasteiger partial charge in [0.05, 0.1) is 10.7 Å². The van der Waals surface area contributed by atoms with E-state index in [1.54, 1.807) is 0 Å². The Labute approximate surface area is 119 Å². The lowest BCUT2D eigenvalue weighted by Crippen LogP contribution is -2.23.